The normalized spacial score (nSPS) is 10.6. The molecule has 94 valence electrons. The number of nitrogens with zero attached hydrogens (tertiary/aromatic N) is 2. The summed E-state index contributed by atoms with van der Waals surface area (Å²) in [4.78, 5) is 0. The number of aryl methyl sites for hydroxylation is 1. The number of nitrogens with two attached hydrogens (primary N) is 1. The summed E-state index contributed by atoms with van der Waals surface area (Å²) in [6, 6.07) is 20.0. The number of hydrogen-bond donors (Lipinski definition) is 1. The van der Waals surface area contributed by atoms with Crippen molar-refractivity contribution < 1.29 is 0 Å². The van der Waals surface area contributed by atoms with E-state index in [4.69, 9.17) is 5.73 Å². The number of benzene rings is 2. The summed E-state index contributed by atoms with van der Waals surface area (Å²) in [5, 5.41) is 4.60. The maximum Gasteiger partial charge on any atom is 0.127 e. The van der Waals surface area contributed by atoms with Crippen molar-refractivity contribution in [2.75, 3.05) is 5.73 Å². The lowest BCUT2D eigenvalue weighted by atomic mass is 10.1. The second-order valence-electron chi connectivity index (χ2n) is 4.52. The van der Waals surface area contributed by atoms with Crippen LogP contribution in [-0.2, 0) is 0 Å². The van der Waals surface area contributed by atoms with Crippen molar-refractivity contribution in [3.8, 4) is 16.9 Å². The van der Waals surface area contributed by atoms with Gasteiger partial charge in [0.05, 0.1) is 11.4 Å². The van der Waals surface area contributed by atoms with Gasteiger partial charge in [-0.1, -0.05) is 42.5 Å². The van der Waals surface area contributed by atoms with Crippen LogP contribution in [0.15, 0.2) is 60.7 Å². The number of rotatable bonds is 2. The molecule has 0 aliphatic rings. The SMILES string of the molecule is Cc1ccccc1-c1cc(N)n(-c2ccccc2)n1. The first-order valence-corrected chi connectivity index (χ1v) is 6.22. The Kier molecular flexibility index (Phi) is 2.80. The Morgan fingerprint density at radius 2 is 1.63 bits per heavy atom. The average Bonchev–Trinajstić information content (AvgIpc) is 2.82. The molecule has 1 heterocycles. The van der Waals surface area contributed by atoms with Gasteiger partial charge in [-0.3, -0.25) is 0 Å². The molecule has 0 radical (unpaired) electrons. The van der Waals surface area contributed by atoms with Crippen LogP contribution in [0.3, 0.4) is 0 Å². The minimum atomic E-state index is 0.643. The molecule has 19 heavy (non-hydrogen) atoms. The fourth-order valence-electron chi connectivity index (χ4n) is 2.16. The Morgan fingerprint density at radius 3 is 2.37 bits per heavy atom. The number of nitrogen functional groups attached to an aromatic ring is 1. The van der Waals surface area contributed by atoms with Gasteiger partial charge in [0.15, 0.2) is 0 Å². The van der Waals surface area contributed by atoms with Crippen LogP contribution in [0.2, 0.25) is 0 Å². The lowest BCUT2D eigenvalue weighted by Crippen LogP contribution is -2.01. The van der Waals surface area contributed by atoms with E-state index in [1.54, 1.807) is 4.68 Å². The molecule has 3 aromatic rings. The predicted octanol–water partition coefficient (Wildman–Crippen LogP) is 3.43. The van der Waals surface area contributed by atoms with Crippen molar-refractivity contribution in [1.82, 2.24) is 9.78 Å². The highest BCUT2D eigenvalue weighted by molar-refractivity contribution is 5.66. The zero-order valence-corrected chi connectivity index (χ0v) is 10.7. The van der Waals surface area contributed by atoms with Gasteiger partial charge < -0.3 is 5.73 Å². The molecular weight excluding hydrogens is 234 g/mol. The van der Waals surface area contributed by atoms with Gasteiger partial charge in [-0.05, 0) is 24.6 Å². The van der Waals surface area contributed by atoms with Gasteiger partial charge in [-0.15, -0.1) is 0 Å². The fraction of sp³-hybridized carbons (Fsp3) is 0.0625. The molecule has 3 nitrogen and oxygen atoms in total. The minimum Gasteiger partial charge on any atom is -0.384 e. The van der Waals surface area contributed by atoms with E-state index >= 15 is 0 Å². The number of hydrogen-bond acceptors (Lipinski definition) is 2. The molecule has 2 aromatic carbocycles. The summed E-state index contributed by atoms with van der Waals surface area (Å²) < 4.78 is 1.77. The van der Waals surface area contributed by atoms with Crippen LogP contribution in [0.25, 0.3) is 16.9 Å². The molecule has 0 saturated carbocycles. The molecule has 3 heteroatoms. The molecule has 0 saturated heterocycles. The molecule has 0 aliphatic carbocycles. The second kappa shape index (κ2) is 4.61. The summed E-state index contributed by atoms with van der Waals surface area (Å²) >= 11 is 0. The minimum absolute atomic E-state index is 0.643. The quantitative estimate of drug-likeness (QED) is 0.756. The largest absolute Gasteiger partial charge is 0.384 e. The lowest BCUT2D eigenvalue weighted by Gasteiger charge is -2.03. The highest BCUT2D eigenvalue weighted by atomic mass is 15.3. The fourth-order valence-corrected chi connectivity index (χ4v) is 2.16. The Labute approximate surface area is 112 Å². The van der Waals surface area contributed by atoms with Crippen LogP contribution >= 0.6 is 0 Å². The van der Waals surface area contributed by atoms with Gasteiger partial charge in [0.2, 0.25) is 0 Å². The monoisotopic (exact) mass is 249 g/mol. The first-order valence-electron chi connectivity index (χ1n) is 6.22. The van der Waals surface area contributed by atoms with E-state index in [0.717, 1.165) is 16.9 Å². The van der Waals surface area contributed by atoms with Crippen LogP contribution < -0.4 is 5.73 Å². The van der Waals surface area contributed by atoms with Gasteiger partial charge >= 0.3 is 0 Å². The van der Waals surface area contributed by atoms with Crippen molar-refractivity contribution in [3.63, 3.8) is 0 Å². The standard InChI is InChI=1S/C16H15N3/c1-12-7-5-6-10-14(12)15-11-16(17)19(18-15)13-8-3-2-4-9-13/h2-11H,17H2,1H3. The summed E-state index contributed by atoms with van der Waals surface area (Å²) in [6.45, 7) is 2.08. The second-order valence-corrected chi connectivity index (χ2v) is 4.52. The first-order chi connectivity index (χ1) is 9.25. The van der Waals surface area contributed by atoms with E-state index in [9.17, 15) is 0 Å². The average molecular weight is 249 g/mol. The van der Waals surface area contributed by atoms with E-state index in [2.05, 4.69) is 24.2 Å². The highest BCUT2D eigenvalue weighted by Gasteiger charge is 2.09. The Morgan fingerprint density at radius 1 is 0.947 bits per heavy atom. The van der Waals surface area contributed by atoms with Crippen molar-refractivity contribution >= 4 is 5.82 Å². The van der Waals surface area contributed by atoms with E-state index < -0.39 is 0 Å². The number of aromatic nitrogens is 2. The first kappa shape index (κ1) is 11.5. The number of anilines is 1. The van der Waals surface area contributed by atoms with E-state index in [1.807, 2.05) is 48.5 Å². The van der Waals surface area contributed by atoms with Gasteiger partial charge in [0.25, 0.3) is 0 Å². The molecule has 0 aliphatic heterocycles. The van der Waals surface area contributed by atoms with Crippen molar-refractivity contribution in [1.29, 1.82) is 0 Å². The molecule has 3 rings (SSSR count). The zero-order chi connectivity index (χ0) is 13.2. The van der Waals surface area contributed by atoms with E-state index in [1.165, 1.54) is 5.56 Å². The van der Waals surface area contributed by atoms with E-state index in [0.29, 0.717) is 5.82 Å². The third-order valence-electron chi connectivity index (χ3n) is 3.16. The lowest BCUT2D eigenvalue weighted by molar-refractivity contribution is 0.895. The van der Waals surface area contributed by atoms with Crippen molar-refractivity contribution in [3.05, 3.63) is 66.2 Å². The third-order valence-corrected chi connectivity index (χ3v) is 3.16. The maximum absolute atomic E-state index is 6.06. The predicted molar refractivity (Wildman–Crippen MR) is 78.1 cm³/mol. The Balaban J connectivity index is 2.10. The number of para-hydroxylation sites is 1. The maximum atomic E-state index is 6.06. The zero-order valence-electron chi connectivity index (χ0n) is 10.7. The summed E-state index contributed by atoms with van der Waals surface area (Å²) in [5.41, 5.74) is 10.2. The van der Waals surface area contributed by atoms with Crippen molar-refractivity contribution in [2.45, 2.75) is 6.92 Å². The van der Waals surface area contributed by atoms with Crippen molar-refractivity contribution in [2.24, 2.45) is 0 Å². The van der Waals surface area contributed by atoms with Gasteiger partial charge in [0, 0.05) is 11.6 Å². The molecule has 0 spiro atoms. The van der Waals surface area contributed by atoms with Gasteiger partial charge in [0.1, 0.15) is 5.82 Å². The third kappa shape index (κ3) is 2.10. The molecular formula is C16H15N3. The topological polar surface area (TPSA) is 43.8 Å². The molecule has 0 bridgehead atoms. The van der Waals surface area contributed by atoms with Crippen LogP contribution in [0.1, 0.15) is 5.56 Å². The summed E-state index contributed by atoms with van der Waals surface area (Å²) in [6.07, 6.45) is 0. The Bertz CT molecular complexity index is 699. The molecule has 0 atom stereocenters. The van der Waals surface area contributed by atoms with E-state index in [-0.39, 0.29) is 0 Å². The molecule has 0 amide bonds. The van der Waals surface area contributed by atoms with Gasteiger partial charge in [-0.25, -0.2) is 4.68 Å². The molecule has 0 fully saturated rings. The Hall–Kier alpha value is -2.55. The van der Waals surface area contributed by atoms with Gasteiger partial charge in [-0.2, -0.15) is 5.10 Å². The smallest absolute Gasteiger partial charge is 0.127 e. The highest BCUT2D eigenvalue weighted by Crippen LogP contribution is 2.25. The summed E-state index contributed by atoms with van der Waals surface area (Å²) in [5.74, 6) is 0.643. The van der Waals surface area contributed by atoms with Crippen LogP contribution in [0, 0.1) is 6.92 Å². The molecule has 2 N–H and O–H groups in total. The summed E-state index contributed by atoms with van der Waals surface area (Å²) in [7, 11) is 0. The van der Waals surface area contributed by atoms with Crippen LogP contribution in [0.4, 0.5) is 5.82 Å². The molecule has 1 aromatic heterocycles. The molecule has 0 unspecified atom stereocenters. The van der Waals surface area contributed by atoms with Crippen LogP contribution in [-0.4, -0.2) is 9.78 Å². The van der Waals surface area contributed by atoms with Crippen LogP contribution in [0.5, 0.6) is 0 Å².